The van der Waals surface area contributed by atoms with Crippen molar-refractivity contribution in [3.8, 4) is 11.3 Å². The van der Waals surface area contributed by atoms with Crippen LogP contribution >= 0.6 is 0 Å². The molecular formula is C26H31N5O. The summed E-state index contributed by atoms with van der Waals surface area (Å²) in [5, 5.41) is 8.47. The standard InChI is InChI=1S/C26H31N5O/c1-2-24(32)31-14-6-7-21(18-31)23-15-22-16-27-29-26(22)25(28-23)20-10-8-19(9-11-20)17-30-12-4-3-5-13-30/h2,8-11,15-16,21H,1,3-7,12-14,17-18H2,(H,27,29). The summed E-state index contributed by atoms with van der Waals surface area (Å²) in [5.41, 5.74) is 5.38. The lowest BCUT2D eigenvalue weighted by Gasteiger charge is -2.32. The number of likely N-dealkylation sites (tertiary alicyclic amines) is 2. The van der Waals surface area contributed by atoms with E-state index < -0.39 is 0 Å². The lowest BCUT2D eigenvalue weighted by molar-refractivity contribution is -0.127. The summed E-state index contributed by atoms with van der Waals surface area (Å²) in [6.45, 7) is 8.54. The minimum atomic E-state index is 0.00334. The minimum absolute atomic E-state index is 0.00334. The predicted molar refractivity (Wildman–Crippen MR) is 127 cm³/mol. The van der Waals surface area contributed by atoms with E-state index in [9.17, 15) is 4.79 Å². The number of piperidine rings is 2. The van der Waals surface area contributed by atoms with Gasteiger partial charge in [-0.2, -0.15) is 5.10 Å². The number of nitrogens with zero attached hydrogens (tertiary/aromatic N) is 4. The van der Waals surface area contributed by atoms with Crippen molar-refractivity contribution in [1.82, 2.24) is 25.0 Å². The quantitative estimate of drug-likeness (QED) is 0.607. The number of aromatic amines is 1. The predicted octanol–water partition coefficient (Wildman–Crippen LogP) is 4.50. The molecule has 3 aromatic rings. The largest absolute Gasteiger partial charge is 0.339 e. The van der Waals surface area contributed by atoms with Gasteiger partial charge < -0.3 is 4.90 Å². The normalized spacial score (nSPS) is 19.9. The van der Waals surface area contributed by atoms with Crippen LogP contribution in [0.2, 0.25) is 0 Å². The lowest BCUT2D eigenvalue weighted by atomic mass is 9.93. The van der Waals surface area contributed by atoms with Crippen LogP contribution in [0.25, 0.3) is 22.2 Å². The molecule has 4 heterocycles. The van der Waals surface area contributed by atoms with Crippen molar-refractivity contribution in [3.05, 3.63) is 60.4 Å². The molecule has 0 aliphatic carbocycles. The second-order valence-corrected chi connectivity index (χ2v) is 9.09. The molecule has 1 atom stereocenters. The summed E-state index contributed by atoms with van der Waals surface area (Å²) < 4.78 is 0. The summed E-state index contributed by atoms with van der Waals surface area (Å²) in [5.74, 6) is 0.229. The molecule has 1 aromatic carbocycles. The van der Waals surface area contributed by atoms with Gasteiger partial charge in [0.2, 0.25) is 5.91 Å². The van der Waals surface area contributed by atoms with Gasteiger partial charge in [0, 0.05) is 42.2 Å². The Morgan fingerprint density at radius 1 is 1.12 bits per heavy atom. The van der Waals surface area contributed by atoms with Crippen molar-refractivity contribution in [2.45, 2.75) is 44.6 Å². The number of carbonyl (C=O) groups excluding carboxylic acids is 1. The van der Waals surface area contributed by atoms with Crippen molar-refractivity contribution in [2.24, 2.45) is 0 Å². The summed E-state index contributed by atoms with van der Waals surface area (Å²) in [6.07, 6.45) is 9.27. The Morgan fingerprint density at radius 3 is 2.72 bits per heavy atom. The highest BCUT2D eigenvalue weighted by molar-refractivity contribution is 5.91. The van der Waals surface area contributed by atoms with E-state index in [1.807, 2.05) is 11.1 Å². The molecule has 6 nitrogen and oxygen atoms in total. The summed E-state index contributed by atoms with van der Waals surface area (Å²) >= 11 is 0. The number of hydrogen-bond donors (Lipinski definition) is 1. The molecule has 0 radical (unpaired) electrons. The van der Waals surface area contributed by atoms with Crippen LogP contribution < -0.4 is 0 Å². The van der Waals surface area contributed by atoms with Crippen LogP contribution in [-0.2, 0) is 11.3 Å². The Labute approximate surface area is 189 Å². The van der Waals surface area contributed by atoms with Crippen LogP contribution in [-0.4, -0.2) is 57.1 Å². The molecule has 0 bridgehead atoms. The zero-order valence-electron chi connectivity index (χ0n) is 18.6. The number of carbonyl (C=O) groups is 1. The molecule has 1 amide bonds. The fourth-order valence-corrected chi connectivity index (χ4v) is 5.08. The van der Waals surface area contributed by atoms with E-state index in [2.05, 4.69) is 52.0 Å². The van der Waals surface area contributed by atoms with Gasteiger partial charge in [-0.1, -0.05) is 37.3 Å². The van der Waals surface area contributed by atoms with Crippen LogP contribution in [0.5, 0.6) is 0 Å². The van der Waals surface area contributed by atoms with Gasteiger partial charge in [0.1, 0.15) is 0 Å². The van der Waals surface area contributed by atoms with E-state index in [1.165, 1.54) is 44.0 Å². The first-order valence-corrected chi connectivity index (χ1v) is 11.8. The van der Waals surface area contributed by atoms with Gasteiger partial charge in [-0.05, 0) is 56.5 Å². The van der Waals surface area contributed by atoms with Gasteiger partial charge in [-0.25, -0.2) is 0 Å². The van der Waals surface area contributed by atoms with E-state index in [1.54, 1.807) is 0 Å². The third kappa shape index (κ3) is 4.32. The number of hydrogen-bond acceptors (Lipinski definition) is 4. The van der Waals surface area contributed by atoms with Gasteiger partial charge in [-0.15, -0.1) is 0 Å². The van der Waals surface area contributed by atoms with Crippen LogP contribution in [0, 0.1) is 0 Å². The Morgan fingerprint density at radius 2 is 1.94 bits per heavy atom. The highest BCUT2D eigenvalue weighted by atomic mass is 16.2. The fraction of sp³-hybridized carbons (Fsp3) is 0.423. The van der Waals surface area contributed by atoms with Gasteiger partial charge in [0.15, 0.2) is 0 Å². The average molecular weight is 430 g/mol. The van der Waals surface area contributed by atoms with E-state index in [0.29, 0.717) is 6.54 Å². The van der Waals surface area contributed by atoms with E-state index in [4.69, 9.17) is 4.98 Å². The number of aromatic nitrogens is 3. The highest BCUT2D eigenvalue weighted by Gasteiger charge is 2.25. The second kappa shape index (κ2) is 9.25. The first-order valence-electron chi connectivity index (χ1n) is 11.8. The minimum Gasteiger partial charge on any atom is -0.339 e. The molecule has 2 aromatic heterocycles. The molecule has 1 N–H and O–H groups in total. The maximum Gasteiger partial charge on any atom is 0.245 e. The molecule has 2 saturated heterocycles. The molecule has 1 unspecified atom stereocenters. The molecule has 166 valence electrons. The van der Waals surface area contributed by atoms with Crippen molar-refractivity contribution in [2.75, 3.05) is 26.2 Å². The molecule has 2 aliphatic heterocycles. The first kappa shape index (κ1) is 20.9. The monoisotopic (exact) mass is 429 g/mol. The van der Waals surface area contributed by atoms with Crippen molar-refractivity contribution in [1.29, 1.82) is 0 Å². The molecule has 0 saturated carbocycles. The number of pyridine rings is 1. The van der Waals surface area contributed by atoms with Gasteiger partial charge in [0.05, 0.1) is 17.4 Å². The smallest absolute Gasteiger partial charge is 0.245 e. The highest BCUT2D eigenvalue weighted by Crippen LogP contribution is 2.32. The molecular weight excluding hydrogens is 398 g/mol. The van der Waals surface area contributed by atoms with Crippen molar-refractivity contribution < 1.29 is 4.79 Å². The van der Waals surface area contributed by atoms with Crippen LogP contribution in [0.4, 0.5) is 0 Å². The number of rotatable bonds is 5. The molecule has 0 spiro atoms. The zero-order valence-corrected chi connectivity index (χ0v) is 18.6. The van der Waals surface area contributed by atoms with Gasteiger partial charge in [0.25, 0.3) is 0 Å². The summed E-state index contributed by atoms with van der Waals surface area (Å²) in [4.78, 5) is 21.7. The van der Waals surface area contributed by atoms with Crippen molar-refractivity contribution in [3.63, 3.8) is 0 Å². The molecule has 2 aliphatic rings. The third-order valence-electron chi connectivity index (χ3n) is 6.86. The molecule has 5 rings (SSSR count). The van der Waals surface area contributed by atoms with E-state index in [0.717, 1.165) is 53.8 Å². The maximum absolute atomic E-state index is 12.1. The molecule has 32 heavy (non-hydrogen) atoms. The Hall–Kier alpha value is -2.99. The van der Waals surface area contributed by atoms with Crippen molar-refractivity contribution >= 4 is 16.8 Å². The number of fused-ring (bicyclic) bond motifs is 1. The van der Waals surface area contributed by atoms with Crippen LogP contribution in [0.3, 0.4) is 0 Å². The topological polar surface area (TPSA) is 65.1 Å². The third-order valence-corrected chi connectivity index (χ3v) is 6.86. The zero-order chi connectivity index (χ0) is 21.9. The maximum atomic E-state index is 12.1. The fourth-order valence-electron chi connectivity index (χ4n) is 5.08. The number of nitrogens with one attached hydrogen (secondary N) is 1. The average Bonchev–Trinajstić information content (AvgIpc) is 3.33. The Bertz CT molecular complexity index is 1100. The lowest BCUT2D eigenvalue weighted by Crippen LogP contribution is -2.38. The Balaban J connectivity index is 1.42. The first-order chi connectivity index (χ1) is 15.7. The summed E-state index contributed by atoms with van der Waals surface area (Å²) in [6, 6.07) is 10.9. The van der Waals surface area contributed by atoms with E-state index >= 15 is 0 Å². The van der Waals surface area contributed by atoms with Crippen LogP contribution in [0.1, 0.15) is 49.3 Å². The van der Waals surface area contributed by atoms with Gasteiger partial charge >= 0.3 is 0 Å². The molecule has 6 heteroatoms. The summed E-state index contributed by atoms with van der Waals surface area (Å²) in [7, 11) is 0. The van der Waals surface area contributed by atoms with E-state index in [-0.39, 0.29) is 11.8 Å². The van der Waals surface area contributed by atoms with Crippen LogP contribution in [0.15, 0.2) is 49.2 Å². The number of H-pyrrole nitrogens is 1. The second-order valence-electron chi connectivity index (χ2n) is 9.09. The number of amides is 1. The number of benzene rings is 1. The van der Waals surface area contributed by atoms with Gasteiger partial charge in [-0.3, -0.25) is 19.8 Å². The SMILES string of the molecule is C=CC(=O)N1CCCC(c2cc3cn[nH]c3c(-c3ccc(CN4CCCCC4)cc3)n2)C1. The Kier molecular flexibility index (Phi) is 6.04. The molecule has 2 fully saturated rings.